The second kappa shape index (κ2) is 5.91. The lowest BCUT2D eigenvalue weighted by molar-refractivity contribution is 0.676. The normalized spacial score (nSPS) is 11.0. The lowest BCUT2D eigenvalue weighted by Gasteiger charge is -2.11. The molecule has 0 amide bonds. The first kappa shape index (κ1) is 13.7. The Labute approximate surface area is 115 Å². The summed E-state index contributed by atoms with van der Waals surface area (Å²) in [5, 5.41) is 3.42. The van der Waals surface area contributed by atoms with Gasteiger partial charge in [0, 0.05) is 12.7 Å². The third-order valence-electron chi connectivity index (χ3n) is 3.04. The average molecular weight is 257 g/mol. The Balaban J connectivity index is 2.12. The molecule has 1 aromatic heterocycles. The van der Waals surface area contributed by atoms with Crippen LogP contribution in [0.2, 0.25) is 0 Å². The van der Waals surface area contributed by atoms with E-state index in [0.717, 1.165) is 24.7 Å². The topological polar surface area (TPSA) is 29.9 Å². The number of hydrogen-bond acceptors (Lipinski definition) is 2. The SMILES string of the molecule is Cc1ccc(Cn2cc(C)nc2NCC(C)C)cc1. The molecule has 1 N–H and O–H groups in total. The van der Waals surface area contributed by atoms with Crippen LogP contribution in [0, 0.1) is 19.8 Å². The molecule has 1 aromatic carbocycles. The number of aryl methyl sites for hydroxylation is 2. The van der Waals surface area contributed by atoms with E-state index in [1.165, 1.54) is 11.1 Å². The van der Waals surface area contributed by atoms with Crippen LogP contribution in [0.1, 0.15) is 30.7 Å². The van der Waals surface area contributed by atoms with E-state index >= 15 is 0 Å². The van der Waals surface area contributed by atoms with E-state index in [9.17, 15) is 0 Å². The van der Waals surface area contributed by atoms with Crippen LogP contribution in [-0.2, 0) is 6.54 Å². The lowest BCUT2D eigenvalue weighted by Crippen LogP contribution is -2.13. The number of anilines is 1. The smallest absolute Gasteiger partial charge is 0.203 e. The monoisotopic (exact) mass is 257 g/mol. The van der Waals surface area contributed by atoms with Gasteiger partial charge in [-0.3, -0.25) is 0 Å². The molecule has 0 aliphatic heterocycles. The molecule has 3 nitrogen and oxygen atoms in total. The maximum Gasteiger partial charge on any atom is 0.203 e. The zero-order chi connectivity index (χ0) is 13.8. The van der Waals surface area contributed by atoms with Gasteiger partial charge in [0.05, 0.1) is 12.2 Å². The lowest BCUT2D eigenvalue weighted by atomic mass is 10.1. The fraction of sp³-hybridized carbons (Fsp3) is 0.438. The van der Waals surface area contributed by atoms with Crippen molar-refractivity contribution >= 4 is 5.95 Å². The van der Waals surface area contributed by atoms with Gasteiger partial charge in [-0.15, -0.1) is 0 Å². The zero-order valence-electron chi connectivity index (χ0n) is 12.3. The van der Waals surface area contributed by atoms with Crippen molar-refractivity contribution in [3.63, 3.8) is 0 Å². The molecule has 0 radical (unpaired) electrons. The second-order valence-electron chi connectivity index (χ2n) is 5.59. The maximum atomic E-state index is 4.55. The van der Waals surface area contributed by atoms with E-state index in [1.54, 1.807) is 0 Å². The highest BCUT2D eigenvalue weighted by Gasteiger charge is 2.06. The van der Waals surface area contributed by atoms with E-state index < -0.39 is 0 Å². The molecular weight excluding hydrogens is 234 g/mol. The molecule has 0 saturated heterocycles. The van der Waals surface area contributed by atoms with Gasteiger partial charge in [0.25, 0.3) is 0 Å². The number of nitrogens with one attached hydrogen (secondary N) is 1. The van der Waals surface area contributed by atoms with Gasteiger partial charge in [-0.05, 0) is 25.3 Å². The molecule has 0 unspecified atom stereocenters. The van der Waals surface area contributed by atoms with Crippen LogP contribution >= 0.6 is 0 Å². The first-order chi connectivity index (χ1) is 9.04. The number of rotatable bonds is 5. The number of imidazole rings is 1. The van der Waals surface area contributed by atoms with E-state index in [-0.39, 0.29) is 0 Å². The van der Waals surface area contributed by atoms with Gasteiger partial charge in [0.15, 0.2) is 0 Å². The molecule has 2 aromatic rings. The first-order valence-corrected chi connectivity index (χ1v) is 6.88. The molecule has 1 heterocycles. The molecule has 3 heteroatoms. The molecule has 0 spiro atoms. The largest absolute Gasteiger partial charge is 0.355 e. The first-order valence-electron chi connectivity index (χ1n) is 6.88. The number of aromatic nitrogens is 2. The highest BCUT2D eigenvalue weighted by Crippen LogP contribution is 2.13. The quantitative estimate of drug-likeness (QED) is 0.886. The zero-order valence-corrected chi connectivity index (χ0v) is 12.3. The number of nitrogens with zero attached hydrogens (tertiary/aromatic N) is 2. The Morgan fingerprint density at radius 1 is 1.16 bits per heavy atom. The van der Waals surface area contributed by atoms with Crippen LogP contribution in [-0.4, -0.2) is 16.1 Å². The van der Waals surface area contributed by atoms with Crippen molar-refractivity contribution in [3.8, 4) is 0 Å². The standard InChI is InChI=1S/C16H23N3/c1-12(2)9-17-16-18-14(4)10-19(16)11-15-7-5-13(3)6-8-15/h5-8,10,12H,9,11H2,1-4H3,(H,17,18). The molecule has 19 heavy (non-hydrogen) atoms. The second-order valence-corrected chi connectivity index (χ2v) is 5.59. The summed E-state index contributed by atoms with van der Waals surface area (Å²) in [6.45, 7) is 10.4. The van der Waals surface area contributed by atoms with E-state index in [1.807, 2.05) is 6.92 Å². The molecule has 2 rings (SSSR count). The van der Waals surface area contributed by atoms with E-state index in [4.69, 9.17) is 0 Å². The summed E-state index contributed by atoms with van der Waals surface area (Å²) >= 11 is 0. The fourth-order valence-electron chi connectivity index (χ4n) is 1.99. The maximum absolute atomic E-state index is 4.55. The Hall–Kier alpha value is -1.77. The van der Waals surface area contributed by atoms with E-state index in [2.05, 4.69) is 66.1 Å². The van der Waals surface area contributed by atoms with Crippen molar-refractivity contribution in [2.24, 2.45) is 5.92 Å². The van der Waals surface area contributed by atoms with Crippen molar-refractivity contribution in [3.05, 3.63) is 47.3 Å². The predicted molar refractivity (Wildman–Crippen MR) is 80.6 cm³/mol. The summed E-state index contributed by atoms with van der Waals surface area (Å²) in [6, 6.07) is 8.66. The summed E-state index contributed by atoms with van der Waals surface area (Å²) in [5.74, 6) is 1.58. The van der Waals surface area contributed by atoms with Crippen molar-refractivity contribution in [2.75, 3.05) is 11.9 Å². The van der Waals surface area contributed by atoms with Gasteiger partial charge < -0.3 is 9.88 Å². The van der Waals surface area contributed by atoms with Crippen molar-refractivity contribution < 1.29 is 0 Å². The minimum absolute atomic E-state index is 0.616. The summed E-state index contributed by atoms with van der Waals surface area (Å²) in [6.07, 6.45) is 2.10. The Bertz CT molecular complexity index is 523. The Morgan fingerprint density at radius 3 is 2.47 bits per heavy atom. The third-order valence-corrected chi connectivity index (χ3v) is 3.04. The van der Waals surface area contributed by atoms with Crippen LogP contribution in [0.4, 0.5) is 5.95 Å². The molecule has 102 valence electrons. The van der Waals surface area contributed by atoms with Gasteiger partial charge in [-0.1, -0.05) is 43.7 Å². The molecule has 0 aliphatic carbocycles. The average Bonchev–Trinajstić information content (AvgIpc) is 2.70. The summed E-state index contributed by atoms with van der Waals surface area (Å²) in [7, 11) is 0. The number of benzene rings is 1. The minimum Gasteiger partial charge on any atom is -0.355 e. The number of hydrogen-bond donors (Lipinski definition) is 1. The van der Waals surface area contributed by atoms with Gasteiger partial charge in [-0.25, -0.2) is 4.98 Å². The highest BCUT2D eigenvalue weighted by molar-refractivity contribution is 5.31. The van der Waals surface area contributed by atoms with Crippen molar-refractivity contribution in [2.45, 2.75) is 34.2 Å². The predicted octanol–water partition coefficient (Wildman–Crippen LogP) is 3.62. The van der Waals surface area contributed by atoms with Gasteiger partial charge in [0.2, 0.25) is 5.95 Å². The van der Waals surface area contributed by atoms with E-state index in [0.29, 0.717) is 5.92 Å². The molecule has 0 saturated carbocycles. The van der Waals surface area contributed by atoms with Crippen LogP contribution in [0.3, 0.4) is 0 Å². The molecule has 0 fully saturated rings. The molecule has 0 aliphatic rings. The minimum atomic E-state index is 0.616. The molecule has 0 bridgehead atoms. The molecular formula is C16H23N3. The van der Waals surface area contributed by atoms with Crippen LogP contribution < -0.4 is 5.32 Å². The van der Waals surface area contributed by atoms with Gasteiger partial charge in [-0.2, -0.15) is 0 Å². The Morgan fingerprint density at radius 2 is 1.84 bits per heavy atom. The third kappa shape index (κ3) is 3.85. The summed E-state index contributed by atoms with van der Waals surface area (Å²) in [4.78, 5) is 4.55. The van der Waals surface area contributed by atoms with Crippen molar-refractivity contribution in [1.82, 2.24) is 9.55 Å². The van der Waals surface area contributed by atoms with Crippen LogP contribution in [0.5, 0.6) is 0 Å². The molecule has 0 atom stereocenters. The van der Waals surface area contributed by atoms with Crippen LogP contribution in [0.15, 0.2) is 30.5 Å². The van der Waals surface area contributed by atoms with Gasteiger partial charge in [0.1, 0.15) is 0 Å². The fourth-order valence-corrected chi connectivity index (χ4v) is 1.99. The Kier molecular flexibility index (Phi) is 4.25. The van der Waals surface area contributed by atoms with Gasteiger partial charge >= 0.3 is 0 Å². The summed E-state index contributed by atoms with van der Waals surface area (Å²) in [5.41, 5.74) is 3.65. The van der Waals surface area contributed by atoms with Crippen LogP contribution in [0.25, 0.3) is 0 Å². The van der Waals surface area contributed by atoms with Crippen molar-refractivity contribution in [1.29, 1.82) is 0 Å². The summed E-state index contributed by atoms with van der Waals surface area (Å²) < 4.78 is 2.18. The highest BCUT2D eigenvalue weighted by atomic mass is 15.2.